The second-order valence-electron chi connectivity index (χ2n) is 4.44. The van der Waals surface area contributed by atoms with Crippen molar-refractivity contribution in [3.05, 3.63) is 23.8 Å². The molecule has 0 aromatic heterocycles. The maximum atomic E-state index is 5.71. The van der Waals surface area contributed by atoms with Crippen LogP contribution in [0.15, 0.2) is 18.2 Å². The molecule has 1 unspecified atom stereocenters. The highest BCUT2D eigenvalue weighted by Gasteiger charge is 2.13. The van der Waals surface area contributed by atoms with Crippen LogP contribution in [0.4, 0.5) is 11.4 Å². The summed E-state index contributed by atoms with van der Waals surface area (Å²) < 4.78 is 5.68. The van der Waals surface area contributed by atoms with Gasteiger partial charge in [-0.1, -0.05) is 0 Å². The lowest BCUT2D eigenvalue weighted by atomic mass is 10.1. The molecule has 0 radical (unpaired) electrons. The number of hydrogen-bond donors (Lipinski definition) is 2. The van der Waals surface area contributed by atoms with Crippen LogP contribution in [0.1, 0.15) is 24.8 Å². The molecule has 1 saturated heterocycles. The molecule has 1 atom stereocenters. The fourth-order valence-electron chi connectivity index (χ4n) is 2.08. The molecule has 0 aliphatic carbocycles. The number of ether oxygens (including phenoxy) is 1. The Morgan fingerprint density at radius 1 is 1.44 bits per heavy atom. The molecule has 0 saturated carbocycles. The van der Waals surface area contributed by atoms with E-state index >= 15 is 0 Å². The second kappa shape index (κ2) is 5.21. The fraction of sp³-hybridized carbons (Fsp3) is 0.538. The zero-order valence-corrected chi connectivity index (χ0v) is 9.83. The van der Waals surface area contributed by atoms with Crippen molar-refractivity contribution < 1.29 is 4.74 Å². The highest BCUT2D eigenvalue weighted by atomic mass is 16.5. The van der Waals surface area contributed by atoms with Gasteiger partial charge in [0.25, 0.3) is 0 Å². The number of aryl methyl sites for hydroxylation is 1. The molecule has 0 spiro atoms. The molecule has 0 amide bonds. The minimum absolute atomic E-state index is 0.366. The van der Waals surface area contributed by atoms with Crippen molar-refractivity contribution in [2.75, 3.05) is 24.2 Å². The second-order valence-corrected chi connectivity index (χ2v) is 4.44. The monoisotopic (exact) mass is 220 g/mol. The van der Waals surface area contributed by atoms with E-state index in [0.29, 0.717) is 6.10 Å². The first kappa shape index (κ1) is 11.3. The van der Waals surface area contributed by atoms with Crippen LogP contribution in [-0.2, 0) is 4.74 Å². The van der Waals surface area contributed by atoms with Gasteiger partial charge in [-0.3, -0.25) is 0 Å². The van der Waals surface area contributed by atoms with Crippen LogP contribution in [0.5, 0.6) is 0 Å². The molecule has 1 aliphatic heterocycles. The van der Waals surface area contributed by atoms with Crippen molar-refractivity contribution in [1.29, 1.82) is 0 Å². The highest BCUT2D eigenvalue weighted by Crippen LogP contribution is 2.19. The van der Waals surface area contributed by atoms with Crippen molar-refractivity contribution in [3.63, 3.8) is 0 Å². The minimum Gasteiger partial charge on any atom is -0.399 e. The Labute approximate surface area is 97.0 Å². The SMILES string of the molecule is Cc1cc(N)ccc1NCC1CCCCO1. The van der Waals surface area contributed by atoms with E-state index in [4.69, 9.17) is 10.5 Å². The van der Waals surface area contributed by atoms with Crippen LogP contribution in [0.25, 0.3) is 0 Å². The zero-order valence-electron chi connectivity index (χ0n) is 9.83. The summed E-state index contributed by atoms with van der Waals surface area (Å²) in [4.78, 5) is 0. The lowest BCUT2D eigenvalue weighted by Crippen LogP contribution is -2.27. The van der Waals surface area contributed by atoms with Gasteiger partial charge in [-0.2, -0.15) is 0 Å². The van der Waals surface area contributed by atoms with Crippen molar-refractivity contribution in [1.82, 2.24) is 0 Å². The average molecular weight is 220 g/mol. The third kappa shape index (κ3) is 2.89. The van der Waals surface area contributed by atoms with Crippen LogP contribution in [0, 0.1) is 6.92 Å². The van der Waals surface area contributed by atoms with Crippen LogP contribution in [0.3, 0.4) is 0 Å². The lowest BCUT2D eigenvalue weighted by Gasteiger charge is -2.23. The minimum atomic E-state index is 0.366. The first-order valence-corrected chi connectivity index (χ1v) is 5.97. The molecule has 1 aromatic rings. The summed E-state index contributed by atoms with van der Waals surface area (Å²) in [5.74, 6) is 0. The maximum absolute atomic E-state index is 5.71. The topological polar surface area (TPSA) is 47.3 Å². The van der Waals surface area contributed by atoms with Crippen molar-refractivity contribution in [2.24, 2.45) is 0 Å². The molecular formula is C13H20N2O. The van der Waals surface area contributed by atoms with Gasteiger partial charge in [0.15, 0.2) is 0 Å². The van der Waals surface area contributed by atoms with E-state index in [0.717, 1.165) is 24.5 Å². The van der Waals surface area contributed by atoms with E-state index in [9.17, 15) is 0 Å². The van der Waals surface area contributed by atoms with Gasteiger partial charge < -0.3 is 15.8 Å². The summed E-state index contributed by atoms with van der Waals surface area (Å²) in [5.41, 5.74) is 8.88. The largest absolute Gasteiger partial charge is 0.399 e. The predicted octanol–water partition coefficient (Wildman–Crippen LogP) is 2.56. The first-order chi connectivity index (χ1) is 7.75. The van der Waals surface area contributed by atoms with Crippen molar-refractivity contribution in [2.45, 2.75) is 32.3 Å². The van der Waals surface area contributed by atoms with Gasteiger partial charge in [0.1, 0.15) is 0 Å². The normalized spacial score (nSPS) is 20.7. The molecule has 1 fully saturated rings. The Hall–Kier alpha value is -1.22. The molecule has 16 heavy (non-hydrogen) atoms. The standard InChI is InChI=1S/C13H20N2O/c1-10-8-11(14)5-6-13(10)15-9-12-4-2-3-7-16-12/h5-6,8,12,15H,2-4,7,9,14H2,1H3. The molecule has 3 N–H and O–H groups in total. The van der Waals surface area contributed by atoms with Gasteiger partial charge in [0, 0.05) is 24.5 Å². The van der Waals surface area contributed by atoms with Gasteiger partial charge in [-0.15, -0.1) is 0 Å². The van der Waals surface area contributed by atoms with Crippen LogP contribution >= 0.6 is 0 Å². The number of nitrogens with two attached hydrogens (primary N) is 1. The van der Waals surface area contributed by atoms with Gasteiger partial charge >= 0.3 is 0 Å². The fourth-order valence-corrected chi connectivity index (χ4v) is 2.08. The summed E-state index contributed by atoms with van der Waals surface area (Å²) in [6, 6.07) is 5.95. The Morgan fingerprint density at radius 3 is 3.00 bits per heavy atom. The quantitative estimate of drug-likeness (QED) is 0.770. The number of nitrogen functional groups attached to an aromatic ring is 1. The molecular weight excluding hydrogens is 200 g/mol. The van der Waals surface area contributed by atoms with E-state index < -0.39 is 0 Å². The molecule has 88 valence electrons. The number of benzene rings is 1. The van der Waals surface area contributed by atoms with Crippen LogP contribution < -0.4 is 11.1 Å². The number of anilines is 2. The van der Waals surface area contributed by atoms with Gasteiger partial charge in [0.05, 0.1) is 6.10 Å². The van der Waals surface area contributed by atoms with E-state index in [1.54, 1.807) is 0 Å². The van der Waals surface area contributed by atoms with Gasteiger partial charge in [-0.05, 0) is 49.9 Å². The molecule has 3 heteroatoms. The first-order valence-electron chi connectivity index (χ1n) is 5.97. The summed E-state index contributed by atoms with van der Waals surface area (Å²) in [7, 11) is 0. The number of nitrogens with one attached hydrogen (secondary N) is 1. The van der Waals surface area contributed by atoms with E-state index in [1.165, 1.54) is 24.8 Å². The molecule has 3 nitrogen and oxygen atoms in total. The number of rotatable bonds is 3. The smallest absolute Gasteiger partial charge is 0.0747 e. The lowest BCUT2D eigenvalue weighted by molar-refractivity contribution is 0.0247. The predicted molar refractivity (Wildman–Crippen MR) is 67.7 cm³/mol. The molecule has 0 bridgehead atoms. The summed E-state index contributed by atoms with van der Waals surface area (Å²) in [5, 5.41) is 3.43. The van der Waals surface area contributed by atoms with Crippen LogP contribution in [0.2, 0.25) is 0 Å². The molecule has 2 rings (SSSR count). The van der Waals surface area contributed by atoms with Gasteiger partial charge in [-0.25, -0.2) is 0 Å². The molecule has 1 heterocycles. The summed E-state index contributed by atoms with van der Waals surface area (Å²) in [6.07, 6.45) is 4.02. The third-order valence-corrected chi connectivity index (χ3v) is 3.04. The number of hydrogen-bond acceptors (Lipinski definition) is 3. The van der Waals surface area contributed by atoms with Crippen molar-refractivity contribution in [3.8, 4) is 0 Å². The van der Waals surface area contributed by atoms with E-state index in [2.05, 4.69) is 12.2 Å². The zero-order chi connectivity index (χ0) is 11.4. The van der Waals surface area contributed by atoms with Gasteiger partial charge in [0.2, 0.25) is 0 Å². The van der Waals surface area contributed by atoms with Crippen molar-refractivity contribution >= 4 is 11.4 Å². The Morgan fingerprint density at radius 2 is 2.31 bits per heavy atom. The average Bonchev–Trinajstić information content (AvgIpc) is 2.29. The summed E-state index contributed by atoms with van der Waals surface area (Å²) in [6.45, 7) is 3.87. The molecule has 1 aliphatic rings. The Kier molecular flexibility index (Phi) is 3.67. The molecule has 1 aromatic carbocycles. The van der Waals surface area contributed by atoms with E-state index in [1.807, 2.05) is 18.2 Å². The Bertz CT molecular complexity index is 346. The highest BCUT2D eigenvalue weighted by molar-refractivity contribution is 5.57. The third-order valence-electron chi connectivity index (χ3n) is 3.04. The van der Waals surface area contributed by atoms with E-state index in [-0.39, 0.29) is 0 Å². The van der Waals surface area contributed by atoms with Crippen LogP contribution in [-0.4, -0.2) is 19.3 Å². The maximum Gasteiger partial charge on any atom is 0.0747 e. The summed E-state index contributed by atoms with van der Waals surface area (Å²) >= 11 is 0. The Balaban J connectivity index is 1.88.